The zero-order chi connectivity index (χ0) is 12.9. The lowest BCUT2D eigenvalue weighted by molar-refractivity contribution is -0.134. The van der Waals surface area contributed by atoms with Gasteiger partial charge < -0.3 is 14.9 Å². The first-order valence-corrected chi connectivity index (χ1v) is 7.85. The van der Waals surface area contributed by atoms with Crippen LogP contribution < -0.4 is 0 Å². The van der Waals surface area contributed by atoms with E-state index in [9.17, 15) is 0 Å². The second kappa shape index (κ2) is 16.5. The highest BCUT2D eigenvalue weighted by atomic mass is 31.1. The van der Waals surface area contributed by atoms with E-state index in [1.807, 2.05) is 0 Å². The Morgan fingerprint density at radius 3 is 1.27 bits per heavy atom. The molecule has 0 aromatic carbocycles. The molecule has 0 aromatic rings. The summed E-state index contributed by atoms with van der Waals surface area (Å²) in [6, 6.07) is 0. The van der Waals surface area contributed by atoms with Gasteiger partial charge in [0.05, 0.1) is 0 Å². The zero-order valence-electron chi connectivity index (χ0n) is 9.73. The lowest BCUT2D eigenvalue weighted by Gasteiger charge is -2.07. The molecule has 0 spiro atoms. The van der Waals surface area contributed by atoms with E-state index in [1.54, 1.807) is 0 Å². The van der Waals surface area contributed by atoms with E-state index in [1.165, 1.54) is 18.5 Å². The van der Waals surface area contributed by atoms with Crippen molar-refractivity contribution in [2.75, 3.05) is 18.5 Å². The average Bonchev–Trinajstić information content (AvgIpc) is 2.05. The highest BCUT2D eigenvalue weighted by Crippen LogP contribution is 2.32. The van der Waals surface area contributed by atoms with Crippen molar-refractivity contribution in [3.05, 3.63) is 0 Å². The third-order valence-corrected chi connectivity index (χ3v) is 4.02. The number of hydrogen-bond donors (Lipinski definition) is 3. The van der Waals surface area contributed by atoms with Crippen LogP contribution in [0.15, 0.2) is 0 Å². The van der Waals surface area contributed by atoms with E-state index in [4.69, 9.17) is 24.3 Å². The summed E-state index contributed by atoms with van der Waals surface area (Å²) in [5.41, 5.74) is 0. The minimum Gasteiger partial charge on any atom is -0.481 e. The molecule has 0 rings (SSSR count). The van der Waals surface area contributed by atoms with Crippen molar-refractivity contribution in [3.8, 4) is 0 Å². The van der Waals surface area contributed by atoms with Crippen LogP contribution in [-0.2, 0) is 9.36 Å². The number of rotatable bonds is 3. The van der Waals surface area contributed by atoms with Crippen LogP contribution in [0.3, 0.4) is 0 Å². The van der Waals surface area contributed by atoms with Gasteiger partial charge in [-0.25, -0.2) is 0 Å². The second-order valence-electron chi connectivity index (χ2n) is 2.42. The van der Waals surface area contributed by atoms with Crippen molar-refractivity contribution in [1.82, 2.24) is 0 Å². The largest absolute Gasteiger partial charge is 0.481 e. The third-order valence-electron chi connectivity index (χ3n) is 1.34. The average molecular weight is 260 g/mol. The van der Waals surface area contributed by atoms with Crippen molar-refractivity contribution in [3.63, 3.8) is 0 Å². The summed E-state index contributed by atoms with van der Waals surface area (Å²) in [5.74, 6) is -0.833. The lowest BCUT2D eigenvalue weighted by atomic mass is 10.9. The minimum absolute atomic E-state index is 0.446. The molecule has 0 saturated heterocycles. The van der Waals surface area contributed by atoms with Gasteiger partial charge in [-0.15, -0.1) is 7.92 Å². The van der Waals surface area contributed by atoms with Crippen molar-refractivity contribution >= 4 is 22.1 Å². The summed E-state index contributed by atoms with van der Waals surface area (Å²) in [6.07, 6.45) is 4.26. The summed E-state index contributed by atoms with van der Waals surface area (Å²) in [6.45, 7) is 7.95. The van der Waals surface area contributed by atoms with E-state index in [0.29, 0.717) is 7.92 Å². The summed E-state index contributed by atoms with van der Waals surface area (Å²) in [7, 11) is -2.68. The Hall–Kier alpha value is 0.0500. The second-order valence-corrected chi connectivity index (χ2v) is 6.23. The summed E-state index contributed by atoms with van der Waals surface area (Å²) in [4.78, 5) is 23.3. The van der Waals surface area contributed by atoms with Gasteiger partial charge >= 0.3 is 8.25 Å². The Labute approximate surface area is 93.2 Å². The third kappa shape index (κ3) is 55.7. The Morgan fingerprint density at radius 1 is 1.13 bits per heavy atom. The fourth-order valence-electron chi connectivity index (χ4n) is 0.671. The molecule has 5 nitrogen and oxygen atoms in total. The molecule has 0 aliphatic carbocycles. The fourth-order valence-corrected chi connectivity index (χ4v) is 2.01. The molecule has 0 bridgehead atoms. The fraction of sp³-hybridized carbons (Fsp3) is 0.875. The van der Waals surface area contributed by atoms with Crippen molar-refractivity contribution in [1.29, 1.82) is 0 Å². The first kappa shape index (κ1) is 20.5. The molecule has 0 aliphatic heterocycles. The van der Waals surface area contributed by atoms with Crippen LogP contribution in [0.5, 0.6) is 0 Å². The van der Waals surface area contributed by atoms with E-state index in [0.717, 1.165) is 6.92 Å². The van der Waals surface area contributed by atoms with Gasteiger partial charge in [0.25, 0.3) is 5.97 Å². The van der Waals surface area contributed by atoms with Gasteiger partial charge in [-0.1, -0.05) is 20.8 Å². The van der Waals surface area contributed by atoms with E-state index < -0.39 is 14.2 Å². The lowest BCUT2D eigenvalue weighted by Crippen LogP contribution is -1.83. The maximum absolute atomic E-state index is 9.00. The van der Waals surface area contributed by atoms with Crippen LogP contribution in [0, 0.1) is 0 Å². The normalized spacial score (nSPS) is 8.80. The molecule has 0 amide bonds. The monoisotopic (exact) mass is 260 g/mol. The van der Waals surface area contributed by atoms with Crippen LogP contribution in [-0.4, -0.2) is 39.3 Å². The van der Waals surface area contributed by atoms with Gasteiger partial charge in [0.1, 0.15) is 0 Å². The SMILES string of the molecule is CC(=O)O.CCP(CC)CC.O=[PH](O)O. The number of carboxylic acid groups (broad SMARTS) is 1. The van der Waals surface area contributed by atoms with Gasteiger partial charge in [0, 0.05) is 6.92 Å². The van der Waals surface area contributed by atoms with Crippen molar-refractivity contribution in [2.45, 2.75) is 27.7 Å². The molecule has 94 valence electrons. The molecular weight excluding hydrogens is 238 g/mol. The number of carboxylic acids is 1. The van der Waals surface area contributed by atoms with E-state index >= 15 is 0 Å². The summed E-state index contributed by atoms with van der Waals surface area (Å²) >= 11 is 0. The maximum Gasteiger partial charge on any atom is 0.314 e. The van der Waals surface area contributed by atoms with Gasteiger partial charge in [-0.3, -0.25) is 9.36 Å². The molecule has 0 atom stereocenters. The van der Waals surface area contributed by atoms with Gasteiger partial charge in [-0.05, 0) is 18.5 Å². The molecule has 0 radical (unpaired) electrons. The quantitative estimate of drug-likeness (QED) is 0.674. The zero-order valence-corrected chi connectivity index (χ0v) is 11.6. The Kier molecular flexibility index (Phi) is 22.5. The standard InChI is InChI=1S/C6H15P.C2H4O2.H3O3P/c1-4-7(5-2)6-3;1-2(3)4;1-4(2)3/h4-6H2,1-3H3;1H3,(H,3,4);4H,(H2,1,2,3). The van der Waals surface area contributed by atoms with Crippen LogP contribution in [0.1, 0.15) is 27.7 Å². The van der Waals surface area contributed by atoms with Crippen molar-refractivity contribution < 1.29 is 24.3 Å². The first-order chi connectivity index (χ1) is 6.81. The molecule has 0 saturated carbocycles. The van der Waals surface area contributed by atoms with Gasteiger partial charge in [0.15, 0.2) is 0 Å². The van der Waals surface area contributed by atoms with Gasteiger partial charge in [0.2, 0.25) is 0 Å². The summed E-state index contributed by atoms with van der Waals surface area (Å²) in [5, 5.41) is 7.42. The Balaban J connectivity index is -0.000000155. The molecule has 15 heavy (non-hydrogen) atoms. The first-order valence-electron chi connectivity index (χ1n) is 4.65. The smallest absolute Gasteiger partial charge is 0.314 e. The predicted molar refractivity (Wildman–Crippen MR) is 65.3 cm³/mol. The molecule has 0 aromatic heterocycles. The number of hydrogen-bond acceptors (Lipinski definition) is 2. The van der Waals surface area contributed by atoms with Gasteiger partial charge in [-0.2, -0.15) is 0 Å². The predicted octanol–water partition coefficient (Wildman–Crippen LogP) is 1.98. The highest BCUT2D eigenvalue weighted by molar-refractivity contribution is 7.57. The Morgan fingerprint density at radius 2 is 1.27 bits per heavy atom. The van der Waals surface area contributed by atoms with E-state index in [-0.39, 0.29) is 0 Å². The molecule has 0 aliphatic rings. The van der Waals surface area contributed by atoms with Crippen molar-refractivity contribution in [2.24, 2.45) is 0 Å². The maximum atomic E-state index is 9.00. The minimum atomic E-state index is -3.13. The number of aliphatic carboxylic acids is 1. The van der Waals surface area contributed by atoms with Crippen LogP contribution in [0.25, 0.3) is 0 Å². The molecule has 0 heterocycles. The Bertz CT molecular complexity index is 134. The van der Waals surface area contributed by atoms with Crippen LogP contribution >= 0.6 is 16.2 Å². The molecule has 7 heteroatoms. The van der Waals surface area contributed by atoms with E-state index in [2.05, 4.69) is 20.8 Å². The van der Waals surface area contributed by atoms with Crippen LogP contribution in [0.2, 0.25) is 0 Å². The highest BCUT2D eigenvalue weighted by Gasteiger charge is 1.94. The molecular formula is C8H22O5P2. The summed E-state index contributed by atoms with van der Waals surface area (Å²) < 4.78 is 8.74. The molecule has 0 unspecified atom stereocenters. The molecule has 3 N–H and O–H groups in total. The topological polar surface area (TPSA) is 94.8 Å². The number of carbonyl (C=O) groups is 1. The van der Waals surface area contributed by atoms with Crippen LogP contribution in [0.4, 0.5) is 0 Å². The molecule has 0 fully saturated rings.